The molecule has 1 heterocycles. The number of nitrogens with one attached hydrogen (secondary N) is 2. The van der Waals surface area contributed by atoms with E-state index in [0.717, 1.165) is 22.6 Å². The number of thioether (sulfide) groups is 1. The van der Waals surface area contributed by atoms with Crippen molar-refractivity contribution in [1.82, 2.24) is 15.3 Å². The molecule has 0 saturated heterocycles. The van der Waals surface area contributed by atoms with E-state index in [-0.39, 0.29) is 17.0 Å². The Labute approximate surface area is 161 Å². The number of imidazole rings is 1. The first-order chi connectivity index (χ1) is 13.0. The first-order valence-electron chi connectivity index (χ1n) is 8.43. The Kier molecular flexibility index (Phi) is 6.13. The predicted octanol–water partition coefficient (Wildman–Crippen LogP) is 4.02. The highest BCUT2D eigenvalue weighted by Gasteiger charge is 2.16. The second-order valence-corrected chi connectivity index (χ2v) is 7.26. The van der Waals surface area contributed by atoms with Crippen molar-refractivity contribution in [2.75, 3.05) is 7.11 Å². The monoisotopic (exact) mass is 385 g/mol. The maximum absolute atomic E-state index is 13.0. The number of benzene rings is 2. The van der Waals surface area contributed by atoms with Crippen LogP contribution >= 0.6 is 11.8 Å². The van der Waals surface area contributed by atoms with Gasteiger partial charge in [0.2, 0.25) is 5.91 Å². The number of nitrogens with zero attached hydrogens (tertiary/aromatic N) is 1. The molecule has 0 aliphatic carbocycles. The van der Waals surface area contributed by atoms with E-state index < -0.39 is 0 Å². The molecular weight excluding hydrogens is 365 g/mol. The zero-order valence-corrected chi connectivity index (χ0v) is 15.8. The van der Waals surface area contributed by atoms with Crippen LogP contribution in [0.3, 0.4) is 0 Å². The number of H-pyrrole nitrogens is 1. The number of halogens is 1. The lowest BCUT2D eigenvalue weighted by atomic mass is 10.2. The third-order valence-corrected chi connectivity index (χ3v) is 4.99. The Morgan fingerprint density at radius 3 is 2.59 bits per heavy atom. The molecule has 27 heavy (non-hydrogen) atoms. The highest BCUT2D eigenvalue weighted by atomic mass is 32.2. The zero-order chi connectivity index (χ0) is 19.2. The minimum atomic E-state index is -0.310. The van der Waals surface area contributed by atoms with Gasteiger partial charge in [0, 0.05) is 6.54 Å². The molecule has 0 aliphatic heterocycles. The largest absolute Gasteiger partial charge is 0.497 e. The Morgan fingerprint density at radius 1 is 1.22 bits per heavy atom. The zero-order valence-electron chi connectivity index (χ0n) is 15.0. The van der Waals surface area contributed by atoms with Gasteiger partial charge in [-0.1, -0.05) is 23.9 Å². The van der Waals surface area contributed by atoms with Crippen molar-refractivity contribution < 1.29 is 13.9 Å². The van der Waals surface area contributed by atoms with Crippen molar-refractivity contribution in [1.29, 1.82) is 0 Å². The average Bonchev–Trinajstić information content (AvgIpc) is 3.15. The molecule has 3 rings (SSSR count). The number of hydrogen-bond acceptors (Lipinski definition) is 4. The molecule has 2 N–H and O–H groups in total. The number of ether oxygens (including phenoxy) is 1. The van der Waals surface area contributed by atoms with E-state index in [1.165, 1.54) is 23.9 Å². The third kappa shape index (κ3) is 5.10. The highest BCUT2D eigenvalue weighted by molar-refractivity contribution is 8.00. The SMILES string of the molecule is COc1ccc(CNC(=O)[C@@H](C)Sc2ncc(-c3ccc(F)cc3)[nH]2)cc1. The molecule has 1 aromatic heterocycles. The molecule has 1 amide bonds. The van der Waals surface area contributed by atoms with Crippen LogP contribution in [0.15, 0.2) is 59.9 Å². The molecule has 5 nitrogen and oxygen atoms in total. The first kappa shape index (κ1) is 19.0. The van der Waals surface area contributed by atoms with Crippen LogP contribution in [0.4, 0.5) is 4.39 Å². The van der Waals surface area contributed by atoms with Crippen molar-refractivity contribution in [3.05, 3.63) is 66.1 Å². The molecule has 140 valence electrons. The van der Waals surface area contributed by atoms with Gasteiger partial charge in [0.1, 0.15) is 11.6 Å². The summed E-state index contributed by atoms with van der Waals surface area (Å²) < 4.78 is 18.1. The summed E-state index contributed by atoms with van der Waals surface area (Å²) in [6.07, 6.45) is 1.68. The summed E-state index contributed by atoms with van der Waals surface area (Å²) in [7, 11) is 1.62. The third-order valence-electron chi connectivity index (χ3n) is 3.99. The highest BCUT2D eigenvalue weighted by Crippen LogP contribution is 2.24. The van der Waals surface area contributed by atoms with Crippen LogP contribution in [-0.2, 0) is 11.3 Å². The number of aromatic amines is 1. The van der Waals surface area contributed by atoms with Gasteiger partial charge in [0.05, 0.1) is 24.3 Å². The van der Waals surface area contributed by atoms with E-state index in [2.05, 4.69) is 15.3 Å². The molecule has 1 atom stereocenters. The fourth-order valence-corrected chi connectivity index (χ4v) is 3.24. The van der Waals surface area contributed by atoms with Gasteiger partial charge in [-0.15, -0.1) is 0 Å². The van der Waals surface area contributed by atoms with Crippen LogP contribution in [0.1, 0.15) is 12.5 Å². The van der Waals surface area contributed by atoms with Gasteiger partial charge < -0.3 is 15.0 Å². The number of methoxy groups -OCH3 is 1. The molecule has 7 heteroatoms. The van der Waals surface area contributed by atoms with Gasteiger partial charge in [0.15, 0.2) is 5.16 Å². The maximum atomic E-state index is 13.0. The van der Waals surface area contributed by atoms with E-state index in [4.69, 9.17) is 4.74 Å². The van der Waals surface area contributed by atoms with Crippen molar-refractivity contribution in [2.24, 2.45) is 0 Å². The van der Waals surface area contributed by atoms with Crippen molar-refractivity contribution in [3.63, 3.8) is 0 Å². The normalized spacial score (nSPS) is 11.8. The molecule has 0 radical (unpaired) electrons. The number of carbonyl (C=O) groups is 1. The first-order valence-corrected chi connectivity index (χ1v) is 9.31. The number of carbonyl (C=O) groups excluding carboxylic acids is 1. The van der Waals surface area contributed by atoms with Crippen molar-refractivity contribution in [3.8, 4) is 17.0 Å². The summed E-state index contributed by atoms with van der Waals surface area (Å²) in [5.41, 5.74) is 2.62. The molecule has 2 aromatic carbocycles. The van der Waals surface area contributed by atoms with Crippen molar-refractivity contribution >= 4 is 17.7 Å². The summed E-state index contributed by atoms with van der Waals surface area (Å²) in [5, 5.41) is 3.25. The minimum absolute atomic E-state index is 0.0736. The van der Waals surface area contributed by atoms with E-state index in [9.17, 15) is 9.18 Å². The standard InChI is InChI=1S/C20H20FN3O2S/c1-13(19(25)22-11-14-3-9-17(26-2)10-4-14)27-20-23-12-18(24-20)15-5-7-16(21)8-6-15/h3-10,12-13H,11H2,1-2H3,(H,22,25)(H,23,24)/t13-/m1/s1. The molecule has 0 saturated carbocycles. The van der Waals surface area contributed by atoms with Crippen LogP contribution in [-0.4, -0.2) is 28.2 Å². The molecule has 0 aliphatic rings. The second-order valence-electron chi connectivity index (χ2n) is 5.93. The molecule has 0 bridgehead atoms. The van der Waals surface area contributed by atoms with Crippen LogP contribution in [0.25, 0.3) is 11.3 Å². The fraction of sp³-hybridized carbons (Fsp3) is 0.200. The Bertz CT molecular complexity index is 894. The number of rotatable bonds is 7. The van der Waals surface area contributed by atoms with E-state index in [0.29, 0.717) is 11.7 Å². The lowest BCUT2D eigenvalue weighted by Gasteiger charge is -2.11. The van der Waals surface area contributed by atoms with E-state index in [1.54, 1.807) is 25.4 Å². The molecule has 0 fully saturated rings. The average molecular weight is 385 g/mol. The summed E-state index contributed by atoms with van der Waals surface area (Å²) in [6, 6.07) is 13.7. The fourth-order valence-electron chi connectivity index (χ4n) is 2.44. The van der Waals surface area contributed by atoms with Crippen molar-refractivity contribution in [2.45, 2.75) is 23.9 Å². The Balaban J connectivity index is 1.54. The lowest BCUT2D eigenvalue weighted by Crippen LogP contribution is -2.30. The van der Waals surface area contributed by atoms with E-state index >= 15 is 0 Å². The Morgan fingerprint density at radius 2 is 1.93 bits per heavy atom. The Hall–Kier alpha value is -2.80. The molecular formula is C20H20FN3O2S. The van der Waals surface area contributed by atoms with Gasteiger partial charge in [-0.25, -0.2) is 9.37 Å². The lowest BCUT2D eigenvalue weighted by molar-refractivity contribution is -0.120. The summed E-state index contributed by atoms with van der Waals surface area (Å²) in [6.45, 7) is 2.28. The van der Waals surface area contributed by atoms with Crippen LogP contribution < -0.4 is 10.1 Å². The van der Waals surface area contributed by atoms with Gasteiger partial charge in [-0.2, -0.15) is 0 Å². The second kappa shape index (κ2) is 8.73. The molecule has 0 spiro atoms. The number of amides is 1. The summed E-state index contributed by atoms with van der Waals surface area (Å²) in [4.78, 5) is 19.8. The maximum Gasteiger partial charge on any atom is 0.233 e. The molecule has 3 aromatic rings. The summed E-state index contributed by atoms with van der Waals surface area (Å²) >= 11 is 1.34. The van der Waals surface area contributed by atoms with Crippen LogP contribution in [0.5, 0.6) is 5.75 Å². The van der Waals surface area contributed by atoms with E-state index in [1.807, 2.05) is 31.2 Å². The molecule has 0 unspecified atom stereocenters. The van der Waals surface area contributed by atoms with Crippen LogP contribution in [0.2, 0.25) is 0 Å². The topological polar surface area (TPSA) is 67.0 Å². The van der Waals surface area contributed by atoms with Gasteiger partial charge in [0.25, 0.3) is 0 Å². The van der Waals surface area contributed by atoms with Gasteiger partial charge >= 0.3 is 0 Å². The number of aromatic nitrogens is 2. The summed E-state index contributed by atoms with van der Waals surface area (Å²) in [5.74, 6) is 0.425. The number of hydrogen-bond donors (Lipinski definition) is 2. The predicted molar refractivity (Wildman–Crippen MR) is 104 cm³/mol. The minimum Gasteiger partial charge on any atom is -0.497 e. The smallest absolute Gasteiger partial charge is 0.233 e. The van der Waals surface area contributed by atoms with Gasteiger partial charge in [-0.3, -0.25) is 4.79 Å². The van der Waals surface area contributed by atoms with Gasteiger partial charge in [-0.05, 0) is 54.4 Å². The van der Waals surface area contributed by atoms with Crippen LogP contribution in [0, 0.1) is 5.82 Å². The quantitative estimate of drug-likeness (QED) is 0.603.